The maximum atomic E-state index is 12.7. The van der Waals surface area contributed by atoms with Crippen molar-refractivity contribution in [2.45, 2.75) is 13.3 Å². The monoisotopic (exact) mass is 481 g/mol. The van der Waals surface area contributed by atoms with E-state index in [-0.39, 0.29) is 11.8 Å². The minimum absolute atomic E-state index is 0.122. The van der Waals surface area contributed by atoms with Gasteiger partial charge in [-0.05, 0) is 54.4 Å². The van der Waals surface area contributed by atoms with E-state index in [4.69, 9.17) is 4.74 Å². The van der Waals surface area contributed by atoms with Gasteiger partial charge in [-0.1, -0.05) is 36.4 Å². The average Bonchev–Trinajstić information content (AvgIpc) is 2.89. The molecule has 4 rings (SSSR count). The quantitative estimate of drug-likeness (QED) is 0.316. The second-order valence-electron chi connectivity index (χ2n) is 8.05. The van der Waals surface area contributed by atoms with E-state index < -0.39 is 0 Å². The lowest BCUT2D eigenvalue weighted by Crippen LogP contribution is -2.25. The summed E-state index contributed by atoms with van der Waals surface area (Å²) in [6.07, 6.45) is 2.33. The number of rotatable bonds is 9. The lowest BCUT2D eigenvalue weighted by Gasteiger charge is -2.10. The zero-order valence-electron chi connectivity index (χ0n) is 20.1. The van der Waals surface area contributed by atoms with Gasteiger partial charge in [-0.3, -0.25) is 9.59 Å². The highest BCUT2D eigenvalue weighted by Crippen LogP contribution is 2.22. The minimum atomic E-state index is -0.164. The average molecular weight is 482 g/mol. The molecule has 3 aromatic carbocycles. The lowest BCUT2D eigenvalue weighted by molar-refractivity contribution is -0.114. The van der Waals surface area contributed by atoms with Crippen LogP contribution >= 0.6 is 0 Å². The van der Waals surface area contributed by atoms with Gasteiger partial charge < -0.3 is 20.7 Å². The van der Waals surface area contributed by atoms with Gasteiger partial charge in [0, 0.05) is 42.2 Å². The van der Waals surface area contributed by atoms with Crippen molar-refractivity contribution in [2.75, 3.05) is 24.3 Å². The molecule has 0 unspecified atom stereocenters. The summed E-state index contributed by atoms with van der Waals surface area (Å²) in [5.41, 5.74) is 4.61. The fourth-order valence-corrected chi connectivity index (χ4v) is 3.70. The van der Waals surface area contributed by atoms with E-state index in [1.165, 1.54) is 6.92 Å². The van der Waals surface area contributed by atoms with Gasteiger partial charge >= 0.3 is 0 Å². The molecule has 8 nitrogen and oxygen atoms in total. The SMILES string of the molecule is COc1ccccc1CCNC(=O)c1cccc(Nc2nccc(-c3ccc(NC(C)=O)cc3)n2)c1. The molecule has 0 saturated heterocycles. The Morgan fingerprint density at radius 3 is 2.50 bits per heavy atom. The highest BCUT2D eigenvalue weighted by atomic mass is 16.5. The first-order valence-electron chi connectivity index (χ1n) is 11.5. The summed E-state index contributed by atoms with van der Waals surface area (Å²) in [6.45, 7) is 1.96. The van der Waals surface area contributed by atoms with Crippen LogP contribution in [-0.2, 0) is 11.2 Å². The maximum absolute atomic E-state index is 12.7. The normalized spacial score (nSPS) is 10.4. The molecule has 1 aromatic heterocycles. The Morgan fingerprint density at radius 2 is 1.72 bits per heavy atom. The molecule has 4 aromatic rings. The van der Waals surface area contributed by atoms with Crippen LogP contribution in [0.1, 0.15) is 22.8 Å². The Labute approximate surface area is 209 Å². The van der Waals surface area contributed by atoms with E-state index in [1.54, 1.807) is 25.4 Å². The van der Waals surface area contributed by atoms with Gasteiger partial charge in [-0.25, -0.2) is 9.97 Å². The van der Waals surface area contributed by atoms with Crippen LogP contribution in [-0.4, -0.2) is 35.4 Å². The topological polar surface area (TPSA) is 105 Å². The third-order valence-electron chi connectivity index (χ3n) is 5.41. The molecule has 0 aliphatic rings. The fraction of sp³-hybridized carbons (Fsp3) is 0.143. The second-order valence-corrected chi connectivity index (χ2v) is 8.05. The fourth-order valence-electron chi connectivity index (χ4n) is 3.70. The molecule has 2 amide bonds. The van der Waals surface area contributed by atoms with Crippen molar-refractivity contribution in [1.29, 1.82) is 0 Å². The van der Waals surface area contributed by atoms with Crippen LogP contribution in [0.3, 0.4) is 0 Å². The van der Waals surface area contributed by atoms with Crippen molar-refractivity contribution >= 4 is 29.1 Å². The summed E-state index contributed by atoms with van der Waals surface area (Å²) in [6, 6.07) is 24.2. The third kappa shape index (κ3) is 6.44. The maximum Gasteiger partial charge on any atom is 0.251 e. The Kier molecular flexibility index (Phi) is 7.87. The summed E-state index contributed by atoms with van der Waals surface area (Å²) < 4.78 is 5.37. The largest absolute Gasteiger partial charge is 0.496 e. The molecular formula is C28H27N5O3. The Balaban J connectivity index is 1.39. The van der Waals surface area contributed by atoms with Crippen LogP contribution in [0.25, 0.3) is 11.3 Å². The molecule has 0 fully saturated rings. The summed E-state index contributed by atoms with van der Waals surface area (Å²) in [5.74, 6) is 0.933. The molecular weight excluding hydrogens is 454 g/mol. The van der Waals surface area contributed by atoms with Crippen LogP contribution in [0.2, 0.25) is 0 Å². The van der Waals surface area contributed by atoms with Crippen molar-refractivity contribution in [3.05, 3.63) is 96.2 Å². The van der Waals surface area contributed by atoms with Crippen LogP contribution in [0.15, 0.2) is 85.1 Å². The van der Waals surface area contributed by atoms with Crippen molar-refractivity contribution in [1.82, 2.24) is 15.3 Å². The van der Waals surface area contributed by atoms with E-state index >= 15 is 0 Å². The van der Waals surface area contributed by atoms with Gasteiger partial charge in [-0.2, -0.15) is 0 Å². The Hall–Kier alpha value is -4.72. The molecule has 0 spiro atoms. The minimum Gasteiger partial charge on any atom is -0.496 e. The van der Waals surface area contributed by atoms with Gasteiger partial charge in [0.2, 0.25) is 11.9 Å². The Morgan fingerprint density at radius 1 is 0.917 bits per heavy atom. The highest BCUT2D eigenvalue weighted by Gasteiger charge is 2.09. The summed E-state index contributed by atoms with van der Waals surface area (Å²) in [4.78, 5) is 32.8. The number of anilines is 3. The number of benzene rings is 3. The summed E-state index contributed by atoms with van der Waals surface area (Å²) in [7, 11) is 1.64. The number of nitrogens with zero attached hydrogens (tertiary/aromatic N) is 2. The molecule has 8 heteroatoms. The van der Waals surface area contributed by atoms with Crippen molar-refractivity contribution in [2.24, 2.45) is 0 Å². The van der Waals surface area contributed by atoms with Crippen LogP contribution in [0, 0.1) is 0 Å². The number of aromatic nitrogens is 2. The Bertz CT molecular complexity index is 1360. The molecule has 0 aliphatic heterocycles. The van der Waals surface area contributed by atoms with Crippen LogP contribution in [0.4, 0.5) is 17.3 Å². The highest BCUT2D eigenvalue weighted by molar-refractivity contribution is 5.95. The van der Waals surface area contributed by atoms with Crippen molar-refractivity contribution < 1.29 is 14.3 Å². The molecule has 1 heterocycles. The number of amides is 2. The van der Waals surface area contributed by atoms with Gasteiger partial charge in [0.05, 0.1) is 12.8 Å². The molecule has 0 radical (unpaired) electrons. The smallest absolute Gasteiger partial charge is 0.251 e. The zero-order valence-corrected chi connectivity index (χ0v) is 20.1. The lowest BCUT2D eigenvalue weighted by atomic mass is 10.1. The third-order valence-corrected chi connectivity index (χ3v) is 5.41. The van der Waals surface area contributed by atoms with E-state index in [1.807, 2.05) is 66.7 Å². The number of methoxy groups -OCH3 is 1. The molecule has 0 aliphatic carbocycles. The first-order valence-corrected chi connectivity index (χ1v) is 11.5. The van der Waals surface area contributed by atoms with Gasteiger partial charge in [0.15, 0.2) is 0 Å². The standard InChI is InChI=1S/C28H27N5O3/c1-19(34)31-23-12-10-20(11-13-23)25-15-17-30-28(33-25)32-24-8-5-7-22(18-24)27(35)29-16-14-21-6-3-4-9-26(21)36-2/h3-13,15,17-18H,14,16H2,1-2H3,(H,29,35)(H,31,34)(H,30,32,33). The first kappa shape index (κ1) is 24.4. The second kappa shape index (κ2) is 11.6. The number of hydrogen-bond donors (Lipinski definition) is 3. The van der Waals surface area contributed by atoms with E-state index in [2.05, 4.69) is 25.9 Å². The van der Waals surface area contributed by atoms with Gasteiger partial charge in [0.25, 0.3) is 5.91 Å². The summed E-state index contributed by atoms with van der Waals surface area (Å²) in [5, 5.41) is 8.87. The number of hydrogen-bond acceptors (Lipinski definition) is 6. The van der Waals surface area contributed by atoms with Crippen LogP contribution < -0.4 is 20.7 Å². The van der Waals surface area contributed by atoms with E-state index in [0.29, 0.717) is 30.2 Å². The molecule has 0 saturated carbocycles. The van der Waals surface area contributed by atoms with E-state index in [9.17, 15) is 9.59 Å². The number of ether oxygens (including phenoxy) is 1. The predicted molar refractivity (Wildman–Crippen MR) is 141 cm³/mol. The first-order chi connectivity index (χ1) is 17.5. The van der Waals surface area contributed by atoms with Gasteiger partial charge in [-0.15, -0.1) is 0 Å². The molecule has 3 N–H and O–H groups in total. The number of carbonyl (C=O) groups is 2. The van der Waals surface area contributed by atoms with Crippen molar-refractivity contribution in [3.63, 3.8) is 0 Å². The molecule has 0 atom stereocenters. The zero-order chi connectivity index (χ0) is 25.3. The molecule has 0 bridgehead atoms. The predicted octanol–water partition coefficient (Wildman–Crippen LogP) is 4.83. The van der Waals surface area contributed by atoms with Crippen molar-refractivity contribution in [3.8, 4) is 17.0 Å². The number of para-hydroxylation sites is 1. The number of nitrogens with one attached hydrogen (secondary N) is 3. The van der Waals surface area contributed by atoms with E-state index in [0.717, 1.165) is 28.3 Å². The molecule has 182 valence electrons. The van der Waals surface area contributed by atoms with Gasteiger partial charge in [0.1, 0.15) is 5.75 Å². The molecule has 36 heavy (non-hydrogen) atoms. The number of carbonyl (C=O) groups excluding carboxylic acids is 2. The summed E-state index contributed by atoms with van der Waals surface area (Å²) >= 11 is 0. The van der Waals surface area contributed by atoms with Crippen LogP contribution in [0.5, 0.6) is 5.75 Å².